The Hall–Kier alpha value is -1.35. The zero-order valence-electron chi connectivity index (χ0n) is 9.34. The first-order chi connectivity index (χ1) is 7.09. The second-order valence-corrected chi connectivity index (χ2v) is 3.82. The second kappa shape index (κ2) is 5.51. The second-order valence-electron chi connectivity index (χ2n) is 3.82. The van der Waals surface area contributed by atoms with E-state index in [2.05, 4.69) is 37.4 Å². The van der Waals surface area contributed by atoms with Gasteiger partial charge in [-0.15, -0.1) is 0 Å². The van der Waals surface area contributed by atoms with Gasteiger partial charge in [-0.2, -0.15) is 0 Å². The Balaban J connectivity index is 2.40. The van der Waals surface area contributed by atoms with Crippen molar-refractivity contribution in [2.45, 2.75) is 26.8 Å². The average molecular weight is 206 g/mol. The molecule has 0 spiro atoms. The van der Waals surface area contributed by atoms with Gasteiger partial charge in [0.2, 0.25) is 5.91 Å². The van der Waals surface area contributed by atoms with Crippen molar-refractivity contribution in [2.24, 2.45) is 5.73 Å². The highest BCUT2D eigenvalue weighted by atomic mass is 16.1. The maximum atomic E-state index is 10.5. The van der Waals surface area contributed by atoms with E-state index in [4.69, 9.17) is 5.73 Å². The predicted octanol–water partition coefficient (Wildman–Crippen LogP) is 1.27. The molecule has 0 unspecified atom stereocenters. The van der Waals surface area contributed by atoms with Gasteiger partial charge in [-0.1, -0.05) is 23.8 Å². The van der Waals surface area contributed by atoms with Gasteiger partial charge in [0.15, 0.2) is 0 Å². The molecule has 0 radical (unpaired) electrons. The van der Waals surface area contributed by atoms with Crippen molar-refractivity contribution in [3.8, 4) is 0 Å². The van der Waals surface area contributed by atoms with Crippen LogP contribution in [0.25, 0.3) is 0 Å². The summed E-state index contributed by atoms with van der Waals surface area (Å²) in [5.41, 5.74) is 8.86. The van der Waals surface area contributed by atoms with Crippen molar-refractivity contribution in [1.29, 1.82) is 0 Å². The third-order valence-corrected chi connectivity index (χ3v) is 2.36. The van der Waals surface area contributed by atoms with Crippen LogP contribution in [0.2, 0.25) is 0 Å². The number of carbonyl (C=O) groups is 1. The molecule has 0 aromatic heterocycles. The van der Waals surface area contributed by atoms with Crippen LogP contribution in [-0.2, 0) is 11.3 Å². The number of hydrogen-bond acceptors (Lipinski definition) is 2. The van der Waals surface area contributed by atoms with Gasteiger partial charge in [-0.05, 0) is 25.0 Å². The molecule has 3 nitrogen and oxygen atoms in total. The molecular weight excluding hydrogens is 188 g/mol. The van der Waals surface area contributed by atoms with Crippen LogP contribution in [0.5, 0.6) is 0 Å². The number of benzene rings is 1. The molecule has 15 heavy (non-hydrogen) atoms. The maximum Gasteiger partial charge on any atom is 0.218 e. The van der Waals surface area contributed by atoms with Gasteiger partial charge < -0.3 is 11.1 Å². The Bertz CT molecular complexity index is 347. The van der Waals surface area contributed by atoms with E-state index in [0.717, 1.165) is 6.54 Å². The first kappa shape index (κ1) is 11.7. The van der Waals surface area contributed by atoms with E-state index >= 15 is 0 Å². The molecule has 1 aromatic carbocycles. The Morgan fingerprint density at radius 1 is 1.40 bits per heavy atom. The summed E-state index contributed by atoms with van der Waals surface area (Å²) in [6.45, 7) is 5.61. The smallest absolute Gasteiger partial charge is 0.218 e. The van der Waals surface area contributed by atoms with Crippen LogP contribution in [0.4, 0.5) is 0 Å². The molecule has 0 aliphatic carbocycles. The van der Waals surface area contributed by atoms with E-state index in [9.17, 15) is 4.79 Å². The molecule has 0 aliphatic heterocycles. The summed E-state index contributed by atoms with van der Waals surface area (Å²) in [6.07, 6.45) is 0.394. The van der Waals surface area contributed by atoms with Crippen LogP contribution in [0, 0.1) is 13.8 Å². The minimum Gasteiger partial charge on any atom is -0.370 e. The summed E-state index contributed by atoms with van der Waals surface area (Å²) in [5.74, 6) is -0.261. The number of amides is 1. The van der Waals surface area contributed by atoms with Crippen molar-refractivity contribution in [3.63, 3.8) is 0 Å². The lowest BCUT2D eigenvalue weighted by atomic mass is 10.1. The topological polar surface area (TPSA) is 55.1 Å². The molecular formula is C12H18N2O. The molecule has 1 aromatic rings. The summed E-state index contributed by atoms with van der Waals surface area (Å²) < 4.78 is 0. The number of aryl methyl sites for hydroxylation is 2. The predicted molar refractivity (Wildman–Crippen MR) is 61.4 cm³/mol. The fraction of sp³-hybridized carbons (Fsp3) is 0.417. The molecule has 0 saturated heterocycles. The average Bonchev–Trinajstić information content (AvgIpc) is 2.14. The van der Waals surface area contributed by atoms with Gasteiger partial charge in [0, 0.05) is 19.5 Å². The lowest BCUT2D eigenvalue weighted by molar-refractivity contribution is -0.117. The van der Waals surface area contributed by atoms with Crippen molar-refractivity contribution in [3.05, 3.63) is 34.9 Å². The number of carbonyl (C=O) groups excluding carboxylic acids is 1. The lowest BCUT2D eigenvalue weighted by Crippen LogP contribution is -2.21. The summed E-state index contributed by atoms with van der Waals surface area (Å²) >= 11 is 0. The van der Waals surface area contributed by atoms with Gasteiger partial charge in [-0.25, -0.2) is 0 Å². The van der Waals surface area contributed by atoms with Crippen molar-refractivity contribution in [1.82, 2.24) is 5.32 Å². The molecule has 82 valence electrons. The third kappa shape index (κ3) is 4.13. The molecule has 0 heterocycles. The Morgan fingerprint density at radius 2 is 2.13 bits per heavy atom. The minimum absolute atomic E-state index is 0.261. The third-order valence-electron chi connectivity index (χ3n) is 2.36. The normalized spacial score (nSPS) is 10.3. The zero-order chi connectivity index (χ0) is 11.3. The highest BCUT2D eigenvalue weighted by Gasteiger charge is 1.98. The summed E-state index contributed by atoms with van der Waals surface area (Å²) in [6, 6.07) is 6.37. The quantitative estimate of drug-likeness (QED) is 0.713. The van der Waals surface area contributed by atoms with Crippen LogP contribution in [0.15, 0.2) is 18.2 Å². The van der Waals surface area contributed by atoms with Crippen molar-refractivity contribution < 1.29 is 4.79 Å². The van der Waals surface area contributed by atoms with E-state index in [-0.39, 0.29) is 5.91 Å². The van der Waals surface area contributed by atoms with E-state index in [1.54, 1.807) is 0 Å². The summed E-state index contributed by atoms with van der Waals surface area (Å²) in [7, 11) is 0. The van der Waals surface area contributed by atoms with Crippen molar-refractivity contribution in [2.75, 3.05) is 6.54 Å². The number of nitrogens with one attached hydrogen (secondary N) is 1. The molecule has 1 rings (SSSR count). The standard InChI is InChI=1S/C12H18N2O/c1-9-3-4-11(10(2)7-9)8-14-6-5-12(13)15/h3-4,7,14H,5-6,8H2,1-2H3,(H2,13,15). The first-order valence-electron chi connectivity index (χ1n) is 5.15. The number of primary amides is 1. The summed E-state index contributed by atoms with van der Waals surface area (Å²) in [5, 5.41) is 3.19. The molecule has 0 bridgehead atoms. The number of rotatable bonds is 5. The Kier molecular flexibility index (Phi) is 4.31. The fourth-order valence-corrected chi connectivity index (χ4v) is 1.48. The maximum absolute atomic E-state index is 10.5. The molecule has 3 heteroatoms. The van der Waals surface area contributed by atoms with Crippen LogP contribution >= 0.6 is 0 Å². The van der Waals surface area contributed by atoms with Gasteiger partial charge in [0.1, 0.15) is 0 Å². The highest BCUT2D eigenvalue weighted by molar-refractivity contribution is 5.73. The lowest BCUT2D eigenvalue weighted by Gasteiger charge is -2.07. The highest BCUT2D eigenvalue weighted by Crippen LogP contribution is 2.09. The fourth-order valence-electron chi connectivity index (χ4n) is 1.48. The van der Waals surface area contributed by atoms with E-state index in [1.807, 2.05) is 0 Å². The first-order valence-corrected chi connectivity index (χ1v) is 5.15. The minimum atomic E-state index is -0.261. The number of hydrogen-bond donors (Lipinski definition) is 2. The van der Waals surface area contributed by atoms with Crippen LogP contribution in [0.1, 0.15) is 23.1 Å². The SMILES string of the molecule is Cc1ccc(CNCCC(N)=O)c(C)c1. The molecule has 0 aliphatic rings. The molecule has 0 fully saturated rings. The largest absolute Gasteiger partial charge is 0.370 e. The monoisotopic (exact) mass is 206 g/mol. The van der Waals surface area contributed by atoms with Crippen LogP contribution < -0.4 is 11.1 Å². The summed E-state index contributed by atoms with van der Waals surface area (Å²) in [4.78, 5) is 10.5. The van der Waals surface area contributed by atoms with Crippen LogP contribution in [-0.4, -0.2) is 12.5 Å². The van der Waals surface area contributed by atoms with Gasteiger partial charge in [-0.3, -0.25) is 4.79 Å². The van der Waals surface area contributed by atoms with E-state index in [0.29, 0.717) is 13.0 Å². The Labute approximate surface area is 90.7 Å². The van der Waals surface area contributed by atoms with E-state index < -0.39 is 0 Å². The van der Waals surface area contributed by atoms with Gasteiger partial charge in [0.05, 0.1) is 0 Å². The van der Waals surface area contributed by atoms with Gasteiger partial charge >= 0.3 is 0 Å². The van der Waals surface area contributed by atoms with E-state index in [1.165, 1.54) is 16.7 Å². The van der Waals surface area contributed by atoms with Crippen LogP contribution in [0.3, 0.4) is 0 Å². The molecule has 0 saturated carbocycles. The molecule has 0 atom stereocenters. The molecule has 1 amide bonds. The molecule has 3 N–H and O–H groups in total. The zero-order valence-corrected chi connectivity index (χ0v) is 9.34. The number of nitrogens with two attached hydrogens (primary N) is 1. The van der Waals surface area contributed by atoms with Crippen molar-refractivity contribution >= 4 is 5.91 Å². The van der Waals surface area contributed by atoms with Gasteiger partial charge in [0.25, 0.3) is 0 Å². The Morgan fingerprint density at radius 3 is 2.73 bits per heavy atom.